The summed E-state index contributed by atoms with van der Waals surface area (Å²) in [6.07, 6.45) is 8.84. The van der Waals surface area contributed by atoms with Crippen molar-refractivity contribution >= 4 is 0 Å². The number of hydrogen-bond donors (Lipinski definition) is 0. The van der Waals surface area contributed by atoms with Gasteiger partial charge in [0.2, 0.25) is 0 Å². The maximum Gasteiger partial charge on any atom is 0.125 e. The summed E-state index contributed by atoms with van der Waals surface area (Å²) in [5.41, 5.74) is 2.53. The Morgan fingerprint density at radius 3 is 3.05 bits per heavy atom. The highest BCUT2D eigenvalue weighted by atomic mass is 16.5. The van der Waals surface area contributed by atoms with Gasteiger partial charge in [-0.05, 0) is 37.7 Å². The smallest absolute Gasteiger partial charge is 0.125 e. The van der Waals surface area contributed by atoms with Crippen molar-refractivity contribution in [3.8, 4) is 0 Å². The molecule has 1 aliphatic carbocycles. The lowest BCUT2D eigenvalue weighted by molar-refractivity contribution is -0.0151. The Kier molecular flexibility index (Phi) is 4.86. The van der Waals surface area contributed by atoms with Crippen molar-refractivity contribution in [2.75, 3.05) is 19.7 Å². The molecule has 0 spiro atoms. The normalized spacial score (nSPS) is 26.6. The van der Waals surface area contributed by atoms with Crippen LogP contribution in [0.5, 0.6) is 0 Å². The Balaban J connectivity index is 1.46. The Morgan fingerprint density at radius 1 is 1.33 bits per heavy atom. The van der Waals surface area contributed by atoms with Gasteiger partial charge in [0.15, 0.2) is 0 Å². The molecule has 3 rings (SSSR count). The summed E-state index contributed by atoms with van der Waals surface area (Å²) < 4.78 is 6.14. The Bertz CT molecular complexity index is 477. The van der Waals surface area contributed by atoms with E-state index in [2.05, 4.69) is 21.8 Å². The van der Waals surface area contributed by atoms with E-state index in [0.29, 0.717) is 6.10 Å². The van der Waals surface area contributed by atoms with E-state index >= 15 is 0 Å². The van der Waals surface area contributed by atoms with Crippen LogP contribution in [0.2, 0.25) is 0 Å². The lowest BCUT2D eigenvalue weighted by Gasteiger charge is -2.31. The van der Waals surface area contributed by atoms with Crippen LogP contribution in [-0.4, -0.2) is 40.7 Å². The third-order valence-corrected chi connectivity index (χ3v) is 4.92. The molecule has 1 aromatic heterocycles. The van der Waals surface area contributed by atoms with Gasteiger partial charge < -0.3 is 4.74 Å². The quantitative estimate of drug-likeness (QED) is 0.854. The third kappa shape index (κ3) is 3.80. The standard InChI is InChI=1S/C17H27N3O/c1-13-5-3-4-6-17(13)21-10-9-20-8-7-15-11-18-14(2)19-16(15)12-20/h11,13,17H,3-10,12H2,1-2H3/t13-,17+/m1/s1. The molecule has 1 saturated carbocycles. The number of fused-ring (bicyclic) bond motifs is 1. The lowest BCUT2D eigenvalue weighted by Crippen LogP contribution is -2.36. The first-order chi connectivity index (χ1) is 10.2. The summed E-state index contributed by atoms with van der Waals surface area (Å²) in [5.74, 6) is 1.61. The summed E-state index contributed by atoms with van der Waals surface area (Å²) in [5, 5.41) is 0. The molecule has 2 atom stereocenters. The minimum atomic E-state index is 0.486. The number of aryl methyl sites for hydroxylation is 1. The molecule has 4 nitrogen and oxygen atoms in total. The molecule has 2 heterocycles. The maximum absolute atomic E-state index is 6.14. The minimum absolute atomic E-state index is 0.486. The van der Waals surface area contributed by atoms with Crippen LogP contribution in [0.1, 0.15) is 49.7 Å². The van der Waals surface area contributed by atoms with Crippen molar-refractivity contribution in [2.24, 2.45) is 5.92 Å². The predicted molar refractivity (Wildman–Crippen MR) is 83.1 cm³/mol. The van der Waals surface area contributed by atoms with E-state index in [-0.39, 0.29) is 0 Å². The van der Waals surface area contributed by atoms with Gasteiger partial charge in [0.05, 0.1) is 18.4 Å². The first-order valence-corrected chi connectivity index (χ1v) is 8.38. The molecule has 116 valence electrons. The summed E-state index contributed by atoms with van der Waals surface area (Å²) in [6.45, 7) is 8.22. The van der Waals surface area contributed by atoms with Crippen LogP contribution < -0.4 is 0 Å². The predicted octanol–water partition coefficient (Wildman–Crippen LogP) is 2.74. The van der Waals surface area contributed by atoms with Crippen LogP contribution in [0.4, 0.5) is 0 Å². The van der Waals surface area contributed by atoms with Crippen LogP contribution in [0.25, 0.3) is 0 Å². The SMILES string of the molecule is Cc1ncc2c(n1)CN(CCO[C@H]1CCCC[C@H]1C)CC2. The fourth-order valence-electron chi connectivity index (χ4n) is 3.51. The van der Waals surface area contributed by atoms with Gasteiger partial charge in [0.25, 0.3) is 0 Å². The van der Waals surface area contributed by atoms with Crippen LogP contribution in [0.15, 0.2) is 6.20 Å². The van der Waals surface area contributed by atoms with Crippen LogP contribution in [-0.2, 0) is 17.7 Å². The molecule has 1 fully saturated rings. The highest BCUT2D eigenvalue weighted by Gasteiger charge is 2.22. The van der Waals surface area contributed by atoms with Gasteiger partial charge in [-0.1, -0.05) is 19.8 Å². The van der Waals surface area contributed by atoms with Crippen molar-refractivity contribution in [3.63, 3.8) is 0 Å². The van der Waals surface area contributed by atoms with E-state index in [1.807, 2.05) is 13.1 Å². The van der Waals surface area contributed by atoms with Gasteiger partial charge >= 0.3 is 0 Å². The number of rotatable bonds is 4. The van der Waals surface area contributed by atoms with Gasteiger partial charge in [-0.3, -0.25) is 4.90 Å². The van der Waals surface area contributed by atoms with Gasteiger partial charge in [0, 0.05) is 25.8 Å². The summed E-state index contributed by atoms with van der Waals surface area (Å²) in [4.78, 5) is 11.3. The minimum Gasteiger partial charge on any atom is -0.377 e. The van der Waals surface area contributed by atoms with Gasteiger partial charge in [0.1, 0.15) is 5.82 Å². The third-order valence-electron chi connectivity index (χ3n) is 4.92. The van der Waals surface area contributed by atoms with Crippen molar-refractivity contribution < 1.29 is 4.74 Å². The summed E-state index contributed by atoms with van der Waals surface area (Å²) in [7, 11) is 0. The zero-order chi connectivity index (χ0) is 14.7. The molecule has 1 aliphatic heterocycles. The first-order valence-electron chi connectivity index (χ1n) is 8.38. The largest absolute Gasteiger partial charge is 0.377 e. The Hall–Kier alpha value is -1.00. The Labute approximate surface area is 127 Å². The molecule has 0 unspecified atom stereocenters. The second-order valence-electron chi connectivity index (χ2n) is 6.59. The topological polar surface area (TPSA) is 38.2 Å². The summed E-state index contributed by atoms with van der Waals surface area (Å²) in [6, 6.07) is 0. The van der Waals surface area contributed by atoms with Crippen LogP contribution in [0, 0.1) is 12.8 Å². The number of ether oxygens (including phenoxy) is 1. The number of hydrogen-bond acceptors (Lipinski definition) is 4. The van der Waals surface area contributed by atoms with Gasteiger partial charge in [-0.2, -0.15) is 0 Å². The molecular formula is C17H27N3O. The molecule has 21 heavy (non-hydrogen) atoms. The van der Waals surface area contributed by atoms with Crippen LogP contribution >= 0.6 is 0 Å². The van der Waals surface area contributed by atoms with E-state index in [1.54, 1.807) is 0 Å². The summed E-state index contributed by atoms with van der Waals surface area (Å²) >= 11 is 0. The zero-order valence-corrected chi connectivity index (χ0v) is 13.3. The second kappa shape index (κ2) is 6.84. The molecule has 4 heteroatoms. The van der Waals surface area contributed by atoms with Gasteiger partial charge in [-0.25, -0.2) is 9.97 Å². The second-order valence-corrected chi connectivity index (χ2v) is 6.59. The molecule has 0 saturated heterocycles. The molecule has 0 bridgehead atoms. The number of aromatic nitrogens is 2. The number of nitrogens with zero attached hydrogens (tertiary/aromatic N) is 3. The van der Waals surface area contributed by atoms with E-state index in [0.717, 1.165) is 44.4 Å². The Morgan fingerprint density at radius 2 is 2.19 bits per heavy atom. The van der Waals surface area contributed by atoms with Crippen LogP contribution in [0.3, 0.4) is 0 Å². The highest BCUT2D eigenvalue weighted by Crippen LogP contribution is 2.26. The molecule has 0 amide bonds. The zero-order valence-electron chi connectivity index (χ0n) is 13.3. The fourth-order valence-corrected chi connectivity index (χ4v) is 3.51. The van der Waals surface area contributed by atoms with E-state index in [9.17, 15) is 0 Å². The average Bonchev–Trinajstić information content (AvgIpc) is 2.49. The van der Waals surface area contributed by atoms with Crippen molar-refractivity contribution in [2.45, 2.75) is 58.6 Å². The van der Waals surface area contributed by atoms with E-state index < -0.39 is 0 Å². The molecule has 0 N–H and O–H groups in total. The molecule has 0 radical (unpaired) electrons. The van der Waals surface area contributed by atoms with Crippen molar-refractivity contribution in [1.82, 2.24) is 14.9 Å². The highest BCUT2D eigenvalue weighted by molar-refractivity contribution is 5.20. The molecular weight excluding hydrogens is 262 g/mol. The van der Waals surface area contributed by atoms with Crippen molar-refractivity contribution in [1.29, 1.82) is 0 Å². The maximum atomic E-state index is 6.14. The molecule has 2 aliphatic rings. The van der Waals surface area contributed by atoms with Gasteiger partial charge in [-0.15, -0.1) is 0 Å². The molecule has 1 aromatic rings. The van der Waals surface area contributed by atoms with E-state index in [1.165, 1.54) is 36.9 Å². The fraction of sp³-hybridized carbons (Fsp3) is 0.765. The monoisotopic (exact) mass is 289 g/mol. The average molecular weight is 289 g/mol. The lowest BCUT2D eigenvalue weighted by atomic mass is 9.88. The van der Waals surface area contributed by atoms with Crippen molar-refractivity contribution in [3.05, 3.63) is 23.3 Å². The molecule has 0 aromatic carbocycles. The first kappa shape index (κ1) is 14.9. The van der Waals surface area contributed by atoms with E-state index in [4.69, 9.17) is 4.74 Å².